The molecule has 0 aromatic carbocycles. The number of aliphatic carboxylic acids is 1. The van der Waals surface area contributed by atoms with Gasteiger partial charge in [0.1, 0.15) is 0 Å². The Balaban J connectivity index is 1.78. The highest BCUT2D eigenvalue weighted by molar-refractivity contribution is 5.79. The minimum absolute atomic E-state index is 0.0641. The minimum Gasteiger partial charge on any atom is -0.481 e. The zero-order chi connectivity index (χ0) is 11.5. The van der Waals surface area contributed by atoms with E-state index < -0.39 is 5.97 Å². The number of carbonyl (C=O) groups is 2. The van der Waals surface area contributed by atoms with Gasteiger partial charge in [-0.05, 0) is 32.2 Å². The Morgan fingerprint density at radius 1 is 1.19 bits per heavy atom. The summed E-state index contributed by atoms with van der Waals surface area (Å²) in [6.07, 6.45) is 2.95. The molecule has 2 fully saturated rings. The zero-order valence-electron chi connectivity index (χ0n) is 9.24. The van der Waals surface area contributed by atoms with Gasteiger partial charge >= 0.3 is 5.97 Å². The van der Waals surface area contributed by atoms with Gasteiger partial charge in [0.05, 0.1) is 11.8 Å². The third-order valence-corrected chi connectivity index (χ3v) is 3.56. The lowest BCUT2D eigenvalue weighted by molar-refractivity contribution is -0.141. The highest BCUT2D eigenvalue weighted by atomic mass is 16.4. The molecule has 3 N–H and O–H groups in total. The summed E-state index contributed by atoms with van der Waals surface area (Å²) < 4.78 is 0. The standard InChI is InChI=1S/C11H18N2O3/c14-10(8-3-4-12-6-8)13-9-2-1-7(5-9)11(15)16/h7-9,12H,1-6H2,(H,13,14)(H,15,16). The summed E-state index contributed by atoms with van der Waals surface area (Å²) in [4.78, 5) is 22.5. The van der Waals surface area contributed by atoms with Crippen molar-refractivity contribution in [3.63, 3.8) is 0 Å². The first-order valence-electron chi connectivity index (χ1n) is 5.90. The first kappa shape index (κ1) is 11.4. The maximum Gasteiger partial charge on any atom is 0.306 e. The Hall–Kier alpha value is -1.10. The van der Waals surface area contributed by atoms with Crippen molar-refractivity contribution in [2.75, 3.05) is 13.1 Å². The summed E-state index contributed by atoms with van der Waals surface area (Å²) in [6.45, 7) is 1.65. The SMILES string of the molecule is O=C(O)C1CCC(NC(=O)C2CCNC2)C1. The number of carboxylic acids is 1. The average Bonchev–Trinajstić information content (AvgIpc) is 2.87. The van der Waals surface area contributed by atoms with E-state index in [2.05, 4.69) is 10.6 Å². The van der Waals surface area contributed by atoms with Gasteiger partial charge < -0.3 is 15.7 Å². The van der Waals surface area contributed by atoms with E-state index in [1.165, 1.54) is 0 Å². The first-order valence-corrected chi connectivity index (χ1v) is 5.90. The van der Waals surface area contributed by atoms with E-state index in [1.807, 2.05) is 0 Å². The van der Waals surface area contributed by atoms with Crippen LogP contribution in [0.2, 0.25) is 0 Å². The Morgan fingerprint density at radius 2 is 2.00 bits per heavy atom. The molecule has 2 aliphatic rings. The smallest absolute Gasteiger partial charge is 0.306 e. The van der Waals surface area contributed by atoms with Crippen molar-refractivity contribution in [3.8, 4) is 0 Å². The van der Waals surface area contributed by atoms with Crippen LogP contribution in [-0.4, -0.2) is 36.1 Å². The molecule has 90 valence electrons. The molecule has 0 aromatic rings. The number of hydrogen-bond acceptors (Lipinski definition) is 3. The third kappa shape index (κ3) is 2.52. The number of amides is 1. The fourth-order valence-corrected chi connectivity index (χ4v) is 2.53. The summed E-state index contributed by atoms with van der Waals surface area (Å²) in [5, 5.41) is 15.0. The van der Waals surface area contributed by atoms with Crippen LogP contribution in [0.3, 0.4) is 0 Å². The van der Waals surface area contributed by atoms with E-state index in [1.54, 1.807) is 0 Å². The summed E-state index contributed by atoms with van der Waals surface area (Å²) in [5.74, 6) is -0.851. The zero-order valence-corrected chi connectivity index (χ0v) is 9.24. The highest BCUT2D eigenvalue weighted by Crippen LogP contribution is 2.26. The summed E-state index contributed by atoms with van der Waals surface area (Å²) in [7, 11) is 0. The number of rotatable bonds is 3. The molecule has 2 rings (SSSR count). The van der Waals surface area contributed by atoms with Gasteiger partial charge in [-0.2, -0.15) is 0 Å². The molecule has 0 spiro atoms. The van der Waals surface area contributed by atoms with Crippen LogP contribution >= 0.6 is 0 Å². The molecule has 1 saturated heterocycles. The molecule has 3 atom stereocenters. The largest absolute Gasteiger partial charge is 0.481 e. The lowest BCUT2D eigenvalue weighted by Gasteiger charge is -2.15. The molecule has 0 aromatic heterocycles. The lowest BCUT2D eigenvalue weighted by atomic mass is 10.1. The van der Waals surface area contributed by atoms with Gasteiger partial charge in [0, 0.05) is 12.6 Å². The number of carboxylic acid groups (broad SMARTS) is 1. The second kappa shape index (κ2) is 4.82. The Labute approximate surface area is 94.6 Å². The van der Waals surface area contributed by atoms with E-state index in [0.29, 0.717) is 12.8 Å². The Morgan fingerprint density at radius 3 is 2.56 bits per heavy atom. The fraction of sp³-hybridized carbons (Fsp3) is 0.818. The van der Waals surface area contributed by atoms with Crippen molar-refractivity contribution < 1.29 is 14.7 Å². The lowest BCUT2D eigenvalue weighted by Crippen LogP contribution is -2.38. The van der Waals surface area contributed by atoms with Crippen LogP contribution < -0.4 is 10.6 Å². The maximum atomic E-state index is 11.8. The first-order chi connectivity index (χ1) is 7.66. The molecule has 1 aliphatic heterocycles. The fourth-order valence-electron chi connectivity index (χ4n) is 2.53. The van der Waals surface area contributed by atoms with Crippen LogP contribution in [-0.2, 0) is 9.59 Å². The van der Waals surface area contributed by atoms with Crippen molar-refractivity contribution >= 4 is 11.9 Å². The second-order valence-electron chi connectivity index (χ2n) is 4.74. The van der Waals surface area contributed by atoms with Gasteiger partial charge in [0.2, 0.25) is 5.91 Å². The summed E-state index contributed by atoms with van der Waals surface area (Å²) >= 11 is 0. The van der Waals surface area contributed by atoms with Crippen molar-refractivity contribution in [1.29, 1.82) is 0 Å². The Kier molecular flexibility index (Phi) is 3.43. The molecule has 5 heteroatoms. The molecular formula is C11H18N2O3. The predicted molar refractivity (Wildman–Crippen MR) is 57.9 cm³/mol. The average molecular weight is 226 g/mol. The van der Waals surface area contributed by atoms with Crippen molar-refractivity contribution in [1.82, 2.24) is 10.6 Å². The minimum atomic E-state index is -0.737. The monoisotopic (exact) mass is 226 g/mol. The topological polar surface area (TPSA) is 78.4 Å². The number of carbonyl (C=O) groups excluding carboxylic acids is 1. The number of hydrogen-bond donors (Lipinski definition) is 3. The molecule has 1 saturated carbocycles. The van der Waals surface area contributed by atoms with Crippen LogP contribution in [0.15, 0.2) is 0 Å². The number of nitrogens with one attached hydrogen (secondary N) is 2. The van der Waals surface area contributed by atoms with Crippen molar-refractivity contribution in [3.05, 3.63) is 0 Å². The van der Waals surface area contributed by atoms with E-state index in [9.17, 15) is 9.59 Å². The van der Waals surface area contributed by atoms with Crippen molar-refractivity contribution in [2.24, 2.45) is 11.8 Å². The summed E-state index contributed by atoms with van der Waals surface area (Å²) in [6, 6.07) is 0.0641. The van der Waals surface area contributed by atoms with E-state index in [0.717, 1.165) is 25.9 Å². The molecule has 16 heavy (non-hydrogen) atoms. The maximum absolute atomic E-state index is 11.8. The van der Waals surface area contributed by atoms with E-state index in [-0.39, 0.29) is 23.8 Å². The van der Waals surface area contributed by atoms with Crippen LogP contribution in [0.25, 0.3) is 0 Å². The molecule has 0 radical (unpaired) electrons. The normalized spacial score (nSPS) is 33.9. The van der Waals surface area contributed by atoms with Gasteiger partial charge in [0.25, 0.3) is 0 Å². The van der Waals surface area contributed by atoms with Gasteiger partial charge in [-0.3, -0.25) is 9.59 Å². The van der Waals surface area contributed by atoms with Crippen LogP contribution in [0.1, 0.15) is 25.7 Å². The van der Waals surface area contributed by atoms with Crippen LogP contribution in [0.5, 0.6) is 0 Å². The van der Waals surface area contributed by atoms with Crippen LogP contribution in [0.4, 0.5) is 0 Å². The molecule has 0 bridgehead atoms. The molecule has 3 unspecified atom stereocenters. The van der Waals surface area contributed by atoms with Crippen LogP contribution in [0, 0.1) is 11.8 Å². The molecule has 1 amide bonds. The highest BCUT2D eigenvalue weighted by Gasteiger charge is 2.32. The van der Waals surface area contributed by atoms with E-state index in [4.69, 9.17) is 5.11 Å². The molecule has 1 heterocycles. The molecular weight excluding hydrogens is 208 g/mol. The van der Waals surface area contributed by atoms with Gasteiger partial charge in [-0.15, -0.1) is 0 Å². The summed E-state index contributed by atoms with van der Waals surface area (Å²) in [5.41, 5.74) is 0. The van der Waals surface area contributed by atoms with Gasteiger partial charge in [-0.1, -0.05) is 0 Å². The molecule has 5 nitrogen and oxygen atoms in total. The third-order valence-electron chi connectivity index (χ3n) is 3.56. The van der Waals surface area contributed by atoms with E-state index >= 15 is 0 Å². The quantitative estimate of drug-likeness (QED) is 0.631. The Bertz CT molecular complexity index is 287. The van der Waals surface area contributed by atoms with Crippen molar-refractivity contribution in [2.45, 2.75) is 31.7 Å². The predicted octanol–water partition coefficient (Wildman–Crippen LogP) is -0.0346. The second-order valence-corrected chi connectivity index (χ2v) is 4.74. The molecule has 1 aliphatic carbocycles. The van der Waals surface area contributed by atoms with Gasteiger partial charge in [0.15, 0.2) is 0 Å². The van der Waals surface area contributed by atoms with Gasteiger partial charge in [-0.25, -0.2) is 0 Å².